The van der Waals surface area contributed by atoms with Crippen LogP contribution in [-0.2, 0) is 4.79 Å². The molecule has 2 saturated heterocycles. The minimum atomic E-state index is -0.370. The van der Waals surface area contributed by atoms with Gasteiger partial charge in [-0.25, -0.2) is 4.79 Å². The van der Waals surface area contributed by atoms with E-state index in [0.717, 1.165) is 13.0 Å². The number of amides is 3. The Hall–Kier alpha value is -0.810. The standard InChI is InChI=1S/C7H11N3O2.ClH/c11-6-4-1-2-8-3-5(4)9-7(12)10-6;/h4-5,8H,1-3H2,(H2,9,10,11,12);1H. The summed E-state index contributed by atoms with van der Waals surface area (Å²) in [5.41, 5.74) is 0. The van der Waals surface area contributed by atoms with Gasteiger partial charge in [0.05, 0.1) is 12.0 Å². The van der Waals surface area contributed by atoms with Crippen molar-refractivity contribution in [2.24, 2.45) is 5.92 Å². The summed E-state index contributed by atoms with van der Waals surface area (Å²) in [4.78, 5) is 22.1. The van der Waals surface area contributed by atoms with Crippen molar-refractivity contribution in [3.05, 3.63) is 0 Å². The van der Waals surface area contributed by atoms with E-state index in [1.165, 1.54) is 0 Å². The summed E-state index contributed by atoms with van der Waals surface area (Å²) in [5.74, 6) is -0.172. The maximum Gasteiger partial charge on any atom is 0.321 e. The highest BCUT2D eigenvalue weighted by Gasteiger charge is 2.36. The zero-order valence-electron chi connectivity index (χ0n) is 7.00. The molecule has 0 spiro atoms. The summed E-state index contributed by atoms with van der Waals surface area (Å²) >= 11 is 0. The topological polar surface area (TPSA) is 70.2 Å². The summed E-state index contributed by atoms with van der Waals surface area (Å²) in [6.07, 6.45) is 0.802. The van der Waals surface area contributed by atoms with Gasteiger partial charge in [0.2, 0.25) is 5.91 Å². The van der Waals surface area contributed by atoms with E-state index in [0.29, 0.717) is 6.54 Å². The van der Waals surface area contributed by atoms with Crippen LogP contribution in [0, 0.1) is 5.92 Å². The fourth-order valence-electron chi connectivity index (χ4n) is 1.73. The van der Waals surface area contributed by atoms with Gasteiger partial charge in [-0.2, -0.15) is 0 Å². The van der Waals surface area contributed by atoms with Gasteiger partial charge in [-0.05, 0) is 13.0 Å². The van der Waals surface area contributed by atoms with Gasteiger partial charge in [0, 0.05) is 6.54 Å². The van der Waals surface area contributed by atoms with E-state index in [1.807, 2.05) is 0 Å². The molecule has 0 aromatic rings. The molecule has 0 bridgehead atoms. The number of carbonyl (C=O) groups excluding carboxylic acids is 2. The molecule has 2 rings (SSSR count). The average molecular weight is 206 g/mol. The number of piperidine rings is 1. The van der Waals surface area contributed by atoms with Crippen molar-refractivity contribution in [2.75, 3.05) is 13.1 Å². The molecule has 0 aromatic heterocycles. The molecule has 2 aliphatic heterocycles. The Morgan fingerprint density at radius 2 is 2.08 bits per heavy atom. The second kappa shape index (κ2) is 3.93. The number of fused-ring (bicyclic) bond motifs is 1. The Balaban J connectivity index is 0.000000845. The fraction of sp³-hybridized carbons (Fsp3) is 0.714. The van der Waals surface area contributed by atoms with Gasteiger partial charge in [-0.15, -0.1) is 12.4 Å². The van der Waals surface area contributed by atoms with Crippen molar-refractivity contribution in [3.8, 4) is 0 Å². The molecule has 6 heteroatoms. The van der Waals surface area contributed by atoms with Gasteiger partial charge in [0.25, 0.3) is 0 Å². The molecule has 2 atom stereocenters. The minimum absolute atomic E-state index is 0. The van der Waals surface area contributed by atoms with Crippen LogP contribution >= 0.6 is 12.4 Å². The lowest BCUT2D eigenvalue weighted by atomic mass is 9.90. The van der Waals surface area contributed by atoms with Crippen molar-refractivity contribution in [1.29, 1.82) is 0 Å². The molecule has 5 nitrogen and oxygen atoms in total. The van der Waals surface area contributed by atoms with Gasteiger partial charge >= 0.3 is 6.03 Å². The van der Waals surface area contributed by atoms with Crippen LogP contribution in [0.25, 0.3) is 0 Å². The number of nitrogens with one attached hydrogen (secondary N) is 3. The molecule has 2 unspecified atom stereocenters. The smallest absolute Gasteiger partial charge is 0.321 e. The molecule has 0 radical (unpaired) electrons. The predicted octanol–water partition coefficient (Wildman–Crippen LogP) is -0.774. The number of hydrogen-bond donors (Lipinski definition) is 3. The first-order valence-electron chi connectivity index (χ1n) is 4.09. The normalized spacial score (nSPS) is 32.3. The van der Waals surface area contributed by atoms with Crippen LogP contribution in [0.2, 0.25) is 0 Å². The maximum atomic E-state index is 11.2. The molecule has 0 aromatic carbocycles. The molecule has 3 N–H and O–H groups in total. The molecular formula is C7H12ClN3O2. The predicted molar refractivity (Wildman–Crippen MR) is 48.7 cm³/mol. The molecule has 13 heavy (non-hydrogen) atoms. The van der Waals surface area contributed by atoms with Crippen LogP contribution in [0.5, 0.6) is 0 Å². The zero-order valence-corrected chi connectivity index (χ0v) is 7.82. The van der Waals surface area contributed by atoms with Gasteiger partial charge in [-0.1, -0.05) is 0 Å². The molecule has 2 aliphatic rings. The third kappa shape index (κ3) is 1.92. The van der Waals surface area contributed by atoms with Crippen LogP contribution in [-0.4, -0.2) is 31.1 Å². The first-order chi connectivity index (χ1) is 5.77. The van der Waals surface area contributed by atoms with Crippen LogP contribution < -0.4 is 16.0 Å². The Labute approximate surface area is 82.0 Å². The van der Waals surface area contributed by atoms with E-state index < -0.39 is 0 Å². The van der Waals surface area contributed by atoms with Crippen molar-refractivity contribution in [2.45, 2.75) is 12.5 Å². The first-order valence-corrected chi connectivity index (χ1v) is 4.09. The Morgan fingerprint density at radius 3 is 2.85 bits per heavy atom. The van der Waals surface area contributed by atoms with E-state index in [-0.39, 0.29) is 36.3 Å². The monoisotopic (exact) mass is 205 g/mol. The maximum absolute atomic E-state index is 11.2. The minimum Gasteiger partial charge on any atom is -0.333 e. The summed E-state index contributed by atoms with van der Waals surface area (Å²) in [7, 11) is 0. The second-order valence-corrected chi connectivity index (χ2v) is 3.17. The lowest BCUT2D eigenvalue weighted by Crippen LogP contribution is -2.63. The van der Waals surface area contributed by atoms with Gasteiger partial charge in [0.1, 0.15) is 0 Å². The van der Waals surface area contributed by atoms with Crippen molar-refractivity contribution in [3.63, 3.8) is 0 Å². The highest BCUT2D eigenvalue weighted by molar-refractivity contribution is 5.98. The van der Waals surface area contributed by atoms with E-state index in [9.17, 15) is 9.59 Å². The number of rotatable bonds is 0. The molecule has 3 amide bonds. The van der Waals surface area contributed by atoms with E-state index in [4.69, 9.17) is 0 Å². The van der Waals surface area contributed by atoms with Gasteiger partial charge in [0.15, 0.2) is 0 Å². The van der Waals surface area contributed by atoms with E-state index in [2.05, 4.69) is 16.0 Å². The molecule has 2 fully saturated rings. The van der Waals surface area contributed by atoms with Crippen molar-refractivity contribution < 1.29 is 9.59 Å². The van der Waals surface area contributed by atoms with E-state index >= 15 is 0 Å². The molecule has 2 heterocycles. The number of carbonyl (C=O) groups is 2. The first kappa shape index (κ1) is 10.3. The van der Waals surface area contributed by atoms with Crippen LogP contribution in [0.1, 0.15) is 6.42 Å². The Kier molecular flexibility index (Phi) is 3.11. The lowest BCUT2D eigenvalue weighted by Gasteiger charge is -2.35. The Bertz CT molecular complexity index is 234. The SMILES string of the molecule is Cl.O=C1NC(=O)C2CCNCC2N1. The Morgan fingerprint density at radius 1 is 1.31 bits per heavy atom. The number of halogens is 1. The zero-order chi connectivity index (χ0) is 8.55. The molecular weight excluding hydrogens is 194 g/mol. The van der Waals surface area contributed by atoms with Crippen LogP contribution in [0.15, 0.2) is 0 Å². The van der Waals surface area contributed by atoms with E-state index in [1.54, 1.807) is 0 Å². The van der Waals surface area contributed by atoms with Gasteiger partial charge in [-0.3, -0.25) is 10.1 Å². The molecule has 0 aliphatic carbocycles. The summed E-state index contributed by atoms with van der Waals surface area (Å²) in [6, 6.07) is -0.384. The van der Waals surface area contributed by atoms with Gasteiger partial charge < -0.3 is 10.6 Å². The third-order valence-electron chi connectivity index (χ3n) is 2.37. The highest BCUT2D eigenvalue weighted by atomic mass is 35.5. The summed E-state index contributed by atoms with van der Waals surface area (Å²) in [5, 5.41) is 8.11. The van der Waals surface area contributed by atoms with Crippen LogP contribution in [0.4, 0.5) is 4.79 Å². The summed E-state index contributed by atoms with van der Waals surface area (Å²) in [6.45, 7) is 1.55. The molecule has 0 saturated carbocycles. The number of hydrogen-bond acceptors (Lipinski definition) is 3. The number of urea groups is 1. The summed E-state index contributed by atoms with van der Waals surface area (Å²) < 4.78 is 0. The fourth-order valence-corrected chi connectivity index (χ4v) is 1.73. The third-order valence-corrected chi connectivity index (χ3v) is 2.37. The largest absolute Gasteiger partial charge is 0.333 e. The van der Waals surface area contributed by atoms with Crippen molar-refractivity contribution in [1.82, 2.24) is 16.0 Å². The second-order valence-electron chi connectivity index (χ2n) is 3.17. The van der Waals surface area contributed by atoms with Crippen molar-refractivity contribution >= 4 is 24.3 Å². The number of imide groups is 1. The quantitative estimate of drug-likeness (QED) is 0.486. The highest BCUT2D eigenvalue weighted by Crippen LogP contribution is 2.15. The van der Waals surface area contributed by atoms with Crippen LogP contribution in [0.3, 0.4) is 0 Å². The molecule has 74 valence electrons. The average Bonchev–Trinajstić information content (AvgIpc) is 2.04. The lowest BCUT2D eigenvalue weighted by molar-refractivity contribution is -0.126.